The normalized spacial score (nSPS) is 10.3. The summed E-state index contributed by atoms with van der Waals surface area (Å²) in [4.78, 5) is 11.1. The SMILES string of the molecule is Cc1cc(C)cc(COc2cccc(C(=O)O)c2C)c1. The highest BCUT2D eigenvalue weighted by Gasteiger charge is 2.10. The van der Waals surface area contributed by atoms with Crippen LogP contribution in [-0.4, -0.2) is 11.1 Å². The zero-order valence-electron chi connectivity index (χ0n) is 11.9. The molecule has 2 rings (SSSR count). The Hall–Kier alpha value is -2.29. The molecule has 0 unspecified atom stereocenters. The second kappa shape index (κ2) is 5.78. The number of carboxylic acids is 1. The standard InChI is InChI=1S/C17H18O3/c1-11-7-12(2)9-14(8-11)10-20-16-6-4-5-15(13(16)3)17(18)19/h4-9H,10H2,1-3H3,(H,18,19). The highest BCUT2D eigenvalue weighted by molar-refractivity contribution is 5.90. The van der Waals surface area contributed by atoms with Gasteiger partial charge in [0.15, 0.2) is 0 Å². The summed E-state index contributed by atoms with van der Waals surface area (Å²) in [6.07, 6.45) is 0. The van der Waals surface area contributed by atoms with Crippen molar-refractivity contribution in [3.05, 3.63) is 64.2 Å². The number of rotatable bonds is 4. The Kier molecular flexibility index (Phi) is 4.08. The number of benzene rings is 2. The minimum atomic E-state index is -0.931. The first kappa shape index (κ1) is 14.1. The molecule has 0 amide bonds. The van der Waals surface area contributed by atoms with Gasteiger partial charge in [-0.15, -0.1) is 0 Å². The first-order chi connectivity index (χ1) is 9.47. The van der Waals surface area contributed by atoms with E-state index in [1.54, 1.807) is 25.1 Å². The molecule has 0 atom stereocenters. The van der Waals surface area contributed by atoms with Crippen molar-refractivity contribution in [2.45, 2.75) is 27.4 Å². The van der Waals surface area contributed by atoms with Gasteiger partial charge in [-0.25, -0.2) is 4.79 Å². The van der Waals surface area contributed by atoms with Crippen molar-refractivity contribution in [2.75, 3.05) is 0 Å². The predicted molar refractivity (Wildman–Crippen MR) is 78.4 cm³/mol. The maximum absolute atomic E-state index is 11.1. The van der Waals surface area contributed by atoms with Crippen LogP contribution in [0.1, 0.15) is 32.6 Å². The Morgan fingerprint density at radius 3 is 2.35 bits per heavy atom. The lowest BCUT2D eigenvalue weighted by Gasteiger charge is -2.11. The molecule has 2 aromatic carbocycles. The summed E-state index contributed by atoms with van der Waals surface area (Å²) in [6, 6.07) is 11.3. The number of carboxylic acid groups (broad SMARTS) is 1. The fraction of sp³-hybridized carbons (Fsp3) is 0.235. The Balaban J connectivity index is 2.19. The van der Waals surface area contributed by atoms with E-state index in [9.17, 15) is 4.79 Å². The first-order valence-corrected chi connectivity index (χ1v) is 6.50. The van der Waals surface area contributed by atoms with E-state index in [0.29, 0.717) is 17.9 Å². The molecule has 0 aliphatic carbocycles. The maximum atomic E-state index is 11.1. The molecule has 0 spiro atoms. The van der Waals surface area contributed by atoms with E-state index in [1.807, 2.05) is 13.8 Å². The van der Waals surface area contributed by atoms with E-state index in [-0.39, 0.29) is 5.56 Å². The number of aromatic carboxylic acids is 1. The van der Waals surface area contributed by atoms with Gasteiger partial charge >= 0.3 is 5.97 Å². The number of hydrogen-bond acceptors (Lipinski definition) is 2. The maximum Gasteiger partial charge on any atom is 0.336 e. The average molecular weight is 270 g/mol. The Morgan fingerprint density at radius 1 is 1.10 bits per heavy atom. The largest absolute Gasteiger partial charge is 0.489 e. The van der Waals surface area contributed by atoms with Crippen molar-refractivity contribution >= 4 is 5.97 Å². The molecule has 20 heavy (non-hydrogen) atoms. The molecule has 0 bridgehead atoms. The van der Waals surface area contributed by atoms with Crippen molar-refractivity contribution in [3.8, 4) is 5.75 Å². The van der Waals surface area contributed by atoms with E-state index < -0.39 is 5.97 Å². The van der Waals surface area contributed by atoms with Gasteiger partial charge in [-0.05, 0) is 38.5 Å². The van der Waals surface area contributed by atoms with Gasteiger partial charge in [0.2, 0.25) is 0 Å². The Morgan fingerprint density at radius 2 is 1.75 bits per heavy atom. The lowest BCUT2D eigenvalue weighted by atomic mass is 10.1. The van der Waals surface area contributed by atoms with Crippen LogP contribution in [0.5, 0.6) is 5.75 Å². The van der Waals surface area contributed by atoms with E-state index in [2.05, 4.69) is 18.2 Å². The van der Waals surface area contributed by atoms with Crippen LogP contribution in [0.2, 0.25) is 0 Å². The summed E-state index contributed by atoms with van der Waals surface area (Å²) in [7, 11) is 0. The van der Waals surface area contributed by atoms with Crippen LogP contribution in [0.25, 0.3) is 0 Å². The monoisotopic (exact) mass is 270 g/mol. The summed E-state index contributed by atoms with van der Waals surface area (Å²) in [6.45, 7) is 6.30. The zero-order chi connectivity index (χ0) is 14.7. The van der Waals surface area contributed by atoms with Crippen LogP contribution in [0.4, 0.5) is 0 Å². The van der Waals surface area contributed by atoms with Crippen molar-refractivity contribution in [1.82, 2.24) is 0 Å². The molecule has 0 heterocycles. The molecule has 0 saturated carbocycles. The minimum absolute atomic E-state index is 0.280. The van der Waals surface area contributed by atoms with Crippen molar-refractivity contribution in [1.29, 1.82) is 0 Å². The van der Waals surface area contributed by atoms with E-state index in [1.165, 1.54) is 11.1 Å². The van der Waals surface area contributed by atoms with Gasteiger partial charge in [0, 0.05) is 5.56 Å². The van der Waals surface area contributed by atoms with Crippen molar-refractivity contribution < 1.29 is 14.6 Å². The molecular formula is C17H18O3. The molecule has 0 radical (unpaired) electrons. The topological polar surface area (TPSA) is 46.5 Å². The predicted octanol–water partition coefficient (Wildman–Crippen LogP) is 3.89. The molecule has 0 saturated heterocycles. The molecule has 2 aromatic rings. The molecule has 0 aliphatic rings. The van der Waals surface area contributed by atoms with Gasteiger partial charge in [0.05, 0.1) is 5.56 Å². The third kappa shape index (κ3) is 3.18. The summed E-state index contributed by atoms with van der Waals surface area (Å²) >= 11 is 0. The third-order valence-electron chi connectivity index (χ3n) is 3.19. The summed E-state index contributed by atoms with van der Waals surface area (Å²) < 4.78 is 5.76. The highest BCUT2D eigenvalue weighted by atomic mass is 16.5. The van der Waals surface area contributed by atoms with Crippen LogP contribution in [0, 0.1) is 20.8 Å². The van der Waals surface area contributed by atoms with Crippen molar-refractivity contribution in [3.63, 3.8) is 0 Å². The van der Waals surface area contributed by atoms with Crippen LogP contribution >= 0.6 is 0 Å². The second-order valence-electron chi connectivity index (χ2n) is 5.02. The van der Waals surface area contributed by atoms with Gasteiger partial charge in [-0.2, -0.15) is 0 Å². The molecule has 3 nitrogen and oxygen atoms in total. The van der Waals surface area contributed by atoms with E-state index in [4.69, 9.17) is 9.84 Å². The highest BCUT2D eigenvalue weighted by Crippen LogP contribution is 2.22. The molecule has 1 N–H and O–H groups in total. The smallest absolute Gasteiger partial charge is 0.336 e. The lowest BCUT2D eigenvalue weighted by Crippen LogP contribution is -2.03. The van der Waals surface area contributed by atoms with Gasteiger partial charge in [0.1, 0.15) is 12.4 Å². The quantitative estimate of drug-likeness (QED) is 0.916. The van der Waals surface area contributed by atoms with E-state index in [0.717, 1.165) is 5.56 Å². The fourth-order valence-corrected chi connectivity index (χ4v) is 2.32. The number of aryl methyl sites for hydroxylation is 2. The minimum Gasteiger partial charge on any atom is -0.489 e. The average Bonchev–Trinajstić information content (AvgIpc) is 2.36. The van der Waals surface area contributed by atoms with Crippen molar-refractivity contribution in [2.24, 2.45) is 0 Å². The molecule has 0 fully saturated rings. The van der Waals surface area contributed by atoms with Gasteiger partial charge in [0.25, 0.3) is 0 Å². The number of hydrogen-bond donors (Lipinski definition) is 1. The Labute approximate surface area is 118 Å². The summed E-state index contributed by atoms with van der Waals surface area (Å²) in [5, 5.41) is 9.09. The summed E-state index contributed by atoms with van der Waals surface area (Å²) in [5.74, 6) is -0.316. The Bertz CT molecular complexity index is 624. The third-order valence-corrected chi connectivity index (χ3v) is 3.19. The molecule has 0 aliphatic heterocycles. The summed E-state index contributed by atoms with van der Waals surface area (Å²) in [5.41, 5.74) is 4.41. The molecule has 0 aromatic heterocycles. The van der Waals surface area contributed by atoms with Crippen LogP contribution < -0.4 is 4.74 Å². The first-order valence-electron chi connectivity index (χ1n) is 6.50. The molecule has 3 heteroatoms. The zero-order valence-corrected chi connectivity index (χ0v) is 11.9. The van der Waals surface area contributed by atoms with Crippen LogP contribution in [0.15, 0.2) is 36.4 Å². The molecular weight excluding hydrogens is 252 g/mol. The van der Waals surface area contributed by atoms with Gasteiger partial charge in [-0.3, -0.25) is 0 Å². The van der Waals surface area contributed by atoms with E-state index >= 15 is 0 Å². The number of carbonyl (C=O) groups is 1. The molecule has 104 valence electrons. The van der Waals surface area contributed by atoms with Gasteiger partial charge in [-0.1, -0.05) is 35.4 Å². The lowest BCUT2D eigenvalue weighted by molar-refractivity contribution is 0.0695. The van der Waals surface area contributed by atoms with Crippen LogP contribution in [0.3, 0.4) is 0 Å². The number of ether oxygens (including phenoxy) is 1. The van der Waals surface area contributed by atoms with Crippen LogP contribution in [-0.2, 0) is 6.61 Å². The fourth-order valence-electron chi connectivity index (χ4n) is 2.32. The van der Waals surface area contributed by atoms with Gasteiger partial charge < -0.3 is 9.84 Å². The second-order valence-corrected chi connectivity index (χ2v) is 5.02.